The Balaban J connectivity index is 0. The molecule has 0 aromatic heterocycles. The lowest BCUT2D eigenvalue weighted by molar-refractivity contribution is 0.950. The van der Waals surface area contributed by atoms with Gasteiger partial charge in [0.15, 0.2) is 0 Å². The summed E-state index contributed by atoms with van der Waals surface area (Å²) in [6.07, 6.45) is 8.53. The van der Waals surface area contributed by atoms with Crippen LogP contribution in [0.1, 0.15) is 34.1 Å². The van der Waals surface area contributed by atoms with E-state index in [0.717, 1.165) is 17.0 Å². The second kappa shape index (κ2) is 12.5. The van der Waals surface area contributed by atoms with Gasteiger partial charge >= 0.3 is 0 Å². The molecule has 0 rings (SSSR count). The van der Waals surface area contributed by atoms with E-state index in [1.54, 1.807) is 12.3 Å². The van der Waals surface area contributed by atoms with Crippen LogP contribution in [0.4, 0.5) is 0 Å². The number of rotatable bonds is 5. The lowest BCUT2D eigenvalue weighted by atomic mass is 10.1. The van der Waals surface area contributed by atoms with Crippen LogP contribution >= 0.6 is 0 Å². The molecule has 0 unspecified atom stereocenters. The smallest absolute Gasteiger partial charge is 0.132 e. The van der Waals surface area contributed by atoms with Gasteiger partial charge in [-0.05, 0) is 19.4 Å². The fraction of sp³-hybridized carbons (Fsp3) is 0.400. The van der Waals surface area contributed by atoms with Crippen LogP contribution < -0.4 is 5.32 Å². The molecule has 0 saturated carbocycles. The molecule has 1 N–H and O–H groups in total. The van der Waals surface area contributed by atoms with Gasteiger partial charge in [-0.25, -0.2) is 4.99 Å². The maximum atomic E-state index is 4.21. The number of hydrogen-bond acceptors (Lipinski definition) is 2. The van der Waals surface area contributed by atoms with Gasteiger partial charge in [-0.1, -0.05) is 51.7 Å². The lowest BCUT2D eigenvalue weighted by Crippen LogP contribution is -2.07. The SMILES string of the molecule is C=C\C=C/C(C(=C)C)=C(/N=C\C)NC.CCC. The quantitative estimate of drug-likeness (QED) is 0.558. The molecule has 17 heavy (non-hydrogen) atoms. The summed E-state index contributed by atoms with van der Waals surface area (Å²) in [6, 6.07) is 0. The van der Waals surface area contributed by atoms with E-state index in [9.17, 15) is 0 Å². The van der Waals surface area contributed by atoms with Gasteiger partial charge in [0.05, 0.1) is 0 Å². The van der Waals surface area contributed by atoms with E-state index in [0.29, 0.717) is 0 Å². The molecule has 0 aromatic rings. The Morgan fingerprint density at radius 2 is 1.88 bits per heavy atom. The summed E-state index contributed by atoms with van der Waals surface area (Å²) in [5.74, 6) is 0.818. The fourth-order valence-corrected chi connectivity index (χ4v) is 0.985. The van der Waals surface area contributed by atoms with Crippen molar-refractivity contribution in [3.05, 3.63) is 48.4 Å². The first-order valence-electron chi connectivity index (χ1n) is 5.94. The van der Waals surface area contributed by atoms with Crippen LogP contribution in [-0.4, -0.2) is 13.3 Å². The molecule has 0 fully saturated rings. The van der Waals surface area contributed by atoms with Gasteiger partial charge in [-0.15, -0.1) is 0 Å². The van der Waals surface area contributed by atoms with Crippen LogP contribution in [0.3, 0.4) is 0 Å². The monoisotopic (exact) mass is 234 g/mol. The van der Waals surface area contributed by atoms with Crippen molar-refractivity contribution in [3.63, 3.8) is 0 Å². The molecule has 2 heteroatoms. The van der Waals surface area contributed by atoms with Crippen molar-refractivity contribution in [3.8, 4) is 0 Å². The highest BCUT2D eigenvalue weighted by molar-refractivity contribution is 5.56. The summed E-state index contributed by atoms with van der Waals surface area (Å²) >= 11 is 0. The zero-order valence-corrected chi connectivity index (χ0v) is 11.9. The Labute approximate surface area is 107 Å². The van der Waals surface area contributed by atoms with Crippen LogP contribution in [0.5, 0.6) is 0 Å². The third-order valence-corrected chi connectivity index (χ3v) is 1.61. The Morgan fingerprint density at radius 1 is 1.35 bits per heavy atom. The number of hydrogen-bond donors (Lipinski definition) is 1. The lowest BCUT2D eigenvalue weighted by Gasteiger charge is -2.07. The number of aliphatic imine (C=N–C) groups is 1. The number of nitrogens with zero attached hydrogens (tertiary/aromatic N) is 1. The molecule has 0 aromatic carbocycles. The van der Waals surface area contributed by atoms with Crippen molar-refractivity contribution in [2.24, 2.45) is 4.99 Å². The Morgan fingerprint density at radius 3 is 2.18 bits per heavy atom. The van der Waals surface area contributed by atoms with Crippen LogP contribution in [0.2, 0.25) is 0 Å². The minimum atomic E-state index is 0.818. The van der Waals surface area contributed by atoms with Crippen molar-refractivity contribution in [1.29, 1.82) is 0 Å². The molecule has 96 valence electrons. The minimum absolute atomic E-state index is 0.818. The normalized spacial score (nSPS) is 11.8. The van der Waals surface area contributed by atoms with Crippen LogP contribution in [0.25, 0.3) is 0 Å². The molecule has 0 radical (unpaired) electrons. The van der Waals surface area contributed by atoms with Gasteiger partial charge in [0, 0.05) is 18.8 Å². The summed E-state index contributed by atoms with van der Waals surface area (Å²) in [5, 5.41) is 3.03. The highest BCUT2D eigenvalue weighted by atomic mass is 15.0. The topological polar surface area (TPSA) is 24.4 Å². The molecule has 0 aliphatic rings. The van der Waals surface area contributed by atoms with Crippen LogP contribution in [0, 0.1) is 0 Å². The van der Waals surface area contributed by atoms with Gasteiger partial charge in [0.25, 0.3) is 0 Å². The maximum Gasteiger partial charge on any atom is 0.132 e. The summed E-state index contributed by atoms with van der Waals surface area (Å²) in [7, 11) is 1.84. The zero-order valence-electron chi connectivity index (χ0n) is 11.9. The first-order valence-corrected chi connectivity index (χ1v) is 5.94. The molecule has 2 nitrogen and oxygen atoms in total. The van der Waals surface area contributed by atoms with E-state index in [2.05, 4.69) is 37.3 Å². The molecular formula is C15H26N2. The minimum Gasteiger partial charge on any atom is -0.373 e. The summed E-state index contributed by atoms with van der Waals surface area (Å²) in [5.41, 5.74) is 1.96. The highest BCUT2D eigenvalue weighted by Gasteiger charge is 2.00. The highest BCUT2D eigenvalue weighted by Crippen LogP contribution is 2.13. The van der Waals surface area contributed by atoms with E-state index < -0.39 is 0 Å². The Kier molecular flexibility index (Phi) is 13.1. The van der Waals surface area contributed by atoms with E-state index in [1.165, 1.54) is 6.42 Å². The summed E-state index contributed by atoms with van der Waals surface area (Å²) in [6.45, 7) is 15.6. The van der Waals surface area contributed by atoms with E-state index >= 15 is 0 Å². The molecule has 0 aliphatic carbocycles. The average Bonchev–Trinajstić information content (AvgIpc) is 2.28. The van der Waals surface area contributed by atoms with E-state index in [-0.39, 0.29) is 0 Å². The average molecular weight is 234 g/mol. The van der Waals surface area contributed by atoms with Crippen LogP contribution in [0.15, 0.2) is 53.3 Å². The van der Waals surface area contributed by atoms with Crippen LogP contribution in [-0.2, 0) is 0 Å². The van der Waals surface area contributed by atoms with Crippen molar-refractivity contribution in [2.45, 2.75) is 34.1 Å². The molecule has 0 heterocycles. The molecule has 0 atom stereocenters. The summed E-state index contributed by atoms with van der Waals surface area (Å²) < 4.78 is 0. The van der Waals surface area contributed by atoms with Crippen molar-refractivity contribution < 1.29 is 0 Å². The molecule has 0 bridgehead atoms. The van der Waals surface area contributed by atoms with Crippen molar-refractivity contribution in [2.75, 3.05) is 7.05 Å². The Bertz CT molecular complexity index is 307. The third kappa shape index (κ3) is 9.36. The maximum absolute atomic E-state index is 4.21. The predicted octanol–water partition coefficient (Wildman–Crippen LogP) is 4.24. The van der Waals surface area contributed by atoms with Gasteiger partial charge < -0.3 is 5.32 Å². The predicted molar refractivity (Wildman–Crippen MR) is 80.4 cm³/mol. The fourth-order valence-electron chi connectivity index (χ4n) is 0.985. The zero-order chi connectivity index (χ0) is 13.7. The molecule has 0 spiro atoms. The third-order valence-electron chi connectivity index (χ3n) is 1.61. The second-order valence-electron chi connectivity index (χ2n) is 3.48. The second-order valence-corrected chi connectivity index (χ2v) is 3.48. The number of allylic oxidation sites excluding steroid dienone is 5. The molecule has 0 saturated heterocycles. The van der Waals surface area contributed by atoms with Gasteiger partial charge in [-0.2, -0.15) is 0 Å². The van der Waals surface area contributed by atoms with Gasteiger partial charge in [0.2, 0.25) is 0 Å². The van der Waals surface area contributed by atoms with Crippen molar-refractivity contribution >= 4 is 6.21 Å². The number of nitrogens with one attached hydrogen (secondary N) is 1. The summed E-state index contributed by atoms with van der Waals surface area (Å²) in [4.78, 5) is 4.21. The molecular weight excluding hydrogens is 208 g/mol. The van der Waals surface area contributed by atoms with E-state index in [1.807, 2.05) is 33.0 Å². The van der Waals surface area contributed by atoms with Gasteiger partial charge in [0.1, 0.15) is 5.82 Å². The van der Waals surface area contributed by atoms with Crippen molar-refractivity contribution in [1.82, 2.24) is 5.32 Å². The molecule has 0 aliphatic heterocycles. The largest absolute Gasteiger partial charge is 0.373 e. The Hall–Kier alpha value is -1.57. The van der Waals surface area contributed by atoms with E-state index in [4.69, 9.17) is 0 Å². The molecule has 0 amide bonds. The first kappa shape index (κ1) is 17.8. The van der Waals surface area contributed by atoms with Gasteiger partial charge in [-0.3, -0.25) is 0 Å². The standard InChI is InChI=1S/C12H18N2.C3H8/c1-6-8-9-11(10(3)4)12(13-5)14-7-2;1-3-2/h6-9,13H,1,3H2,2,4-5H3;3H2,1-2H3/b9-8-,12-11-,14-7-;. The first-order chi connectivity index (χ1) is 8.08.